The lowest BCUT2D eigenvalue weighted by Gasteiger charge is -2.15. The summed E-state index contributed by atoms with van der Waals surface area (Å²) in [6.07, 6.45) is -0.787. The maximum absolute atomic E-state index is 12.1. The van der Waals surface area contributed by atoms with E-state index in [0.717, 1.165) is 12.1 Å². The van der Waals surface area contributed by atoms with Crippen LogP contribution in [0, 0.1) is 0 Å². The molecule has 0 aromatic heterocycles. The van der Waals surface area contributed by atoms with Crippen molar-refractivity contribution in [1.29, 1.82) is 0 Å². The van der Waals surface area contributed by atoms with Crippen LogP contribution in [-0.4, -0.2) is 46.5 Å². The van der Waals surface area contributed by atoms with Gasteiger partial charge in [-0.05, 0) is 12.1 Å². The largest absolute Gasteiger partial charge is 0.478 e. The van der Waals surface area contributed by atoms with Gasteiger partial charge in [-0.1, -0.05) is 23.2 Å². The second-order valence-corrected chi connectivity index (χ2v) is 6.31. The molecule has 0 saturated carbocycles. The molecule has 1 rings (SSSR count). The van der Waals surface area contributed by atoms with Gasteiger partial charge in [-0.2, -0.15) is 0 Å². The molecule has 0 amide bonds. The number of carbonyl (C=O) groups is 1. The van der Waals surface area contributed by atoms with Crippen LogP contribution in [0.1, 0.15) is 10.4 Å². The SMILES string of the molecule is COC(CNS(=O)(=O)c1ccc(Cl)c(C(=O)O)c1Cl)OC. The first-order valence-electron chi connectivity index (χ1n) is 5.51. The molecule has 7 nitrogen and oxygen atoms in total. The van der Waals surface area contributed by atoms with Gasteiger partial charge in [0, 0.05) is 14.2 Å². The highest BCUT2D eigenvalue weighted by Gasteiger charge is 2.25. The number of carboxylic acid groups (broad SMARTS) is 1. The van der Waals surface area contributed by atoms with Gasteiger partial charge in [-0.3, -0.25) is 0 Å². The molecule has 2 N–H and O–H groups in total. The molecule has 0 aliphatic carbocycles. The highest BCUT2D eigenvalue weighted by atomic mass is 35.5. The topological polar surface area (TPSA) is 102 Å². The highest BCUT2D eigenvalue weighted by Crippen LogP contribution is 2.30. The number of sulfonamides is 1. The van der Waals surface area contributed by atoms with Gasteiger partial charge >= 0.3 is 5.97 Å². The van der Waals surface area contributed by atoms with Crippen LogP contribution in [0.5, 0.6) is 0 Å². The van der Waals surface area contributed by atoms with Crippen LogP contribution in [0.2, 0.25) is 10.0 Å². The van der Waals surface area contributed by atoms with E-state index in [1.165, 1.54) is 14.2 Å². The molecular weight excluding hydrogens is 345 g/mol. The zero-order valence-corrected chi connectivity index (χ0v) is 13.4. The Labute approximate surface area is 131 Å². The van der Waals surface area contributed by atoms with Crippen molar-refractivity contribution in [2.45, 2.75) is 11.2 Å². The summed E-state index contributed by atoms with van der Waals surface area (Å²) in [5.41, 5.74) is -0.476. The standard InChI is InChI=1S/C11H13Cl2NO6S/c1-19-8(20-2)5-14-21(17,18)7-4-3-6(12)9(10(7)13)11(15)16/h3-4,8,14H,5H2,1-2H3,(H,15,16). The number of ether oxygens (including phenoxy) is 2. The first-order valence-corrected chi connectivity index (χ1v) is 7.75. The van der Waals surface area contributed by atoms with E-state index in [1.807, 2.05) is 0 Å². The van der Waals surface area contributed by atoms with Crippen molar-refractivity contribution in [3.8, 4) is 0 Å². The predicted octanol–water partition coefficient (Wildman–Crippen LogP) is 1.59. The number of methoxy groups -OCH3 is 2. The summed E-state index contributed by atoms with van der Waals surface area (Å²) >= 11 is 11.5. The number of benzene rings is 1. The van der Waals surface area contributed by atoms with Crippen molar-refractivity contribution in [2.75, 3.05) is 20.8 Å². The molecule has 0 heterocycles. The van der Waals surface area contributed by atoms with Gasteiger partial charge in [0.05, 0.1) is 22.2 Å². The molecule has 118 valence electrons. The number of hydrogen-bond donors (Lipinski definition) is 2. The van der Waals surface area contributed by atoms with Crippen molar-refractivity contribution in [1.82, 2.24) is 4.72 Å². The first-order chi connectivity index (χ1) is 9.74. The van der Waals surface area contributed by atoms with E-state index in [1.54, 1.807) is 0 Å². The van der Waals surface area contributed by atoms with E-state index in [0.29, 0.717) is 0 Å². The molecule has 1 aromatic carbocycles. The molecule has 0 aliphatic heterocycles. The van der Waals surface area contributed by atoms with Crippen LogP contribution in [0.15, 0.2) is 17.0 Å². The van der Waals surface area contributed by atoms with Crippen molar-refractivity contribution in [3.63, 3.8) is 0 Å². The van der Waals surface area contributed by atoms with Gasteiger partial charge in [0.15, 0.2) is 6.29 Å². The van der Waals surface area contributed by atoms with Crippen LogP contribution >= 0.6 is 23.2 Å². The lowest BCUT2D eigenvalue weighted by molar-refractivity contribution is -0.0960. The molecule has 21 heavy (non-hydrogen) atoms. The summed E-state index contributed by atoms with van der Waals surface area (Å²) in [4.78, 5) is 10.7. The molecule has 1 aromatic rings. The Morgan fingerprint density at radius 2 is 1.90 bits per heavy atom. The lowest BCUT2D eigenvalue weighted by atomic mass is 10.2. The number of carboxylic acids is 1. The Kier molecular flexibility index (Phi) is 6.39. The number of aromatic carboxylic acids is 1. The third kappa shape index (κ3) is 4.29. The number of rotatable bonds is 7. The van der Waals surface area contributed by atoms with E-state index < -0.39 is 37.8 Å². The average Bonchev–Trinajstić information content (AvgIpc) is 2.39. The number of halogens is 2. The van der Waals surface area contributed by atoms with Crippen LogP contribution in [0.25, 0.3) is 0 Å². The fourth-order valence-corrected chi connectivity index (χ4v) is 3.39. The smallest absolute Gasteiger partial charge is 0.338 e. The molecule has 0 spiro atoms. The zero-order valence-electron chi connectivity index (χ0n) is 11.1. The Morgan fingerprint density at radius 1 is 1.33 bits per heavy atom. The summed E-state index contributed by atoms with van der Waals surface area (Å²) in [5.74, 6) is -1.42. The van der Waals surface area contributed by atoms with E-state index >= 15 is 0 Å². The zero-order chi connectivity index (χ0) is 16.2. The Morgan fingerprint density at radius 3 is 2.38 bits per heavy atom. The maximum Gasteiger partial charge on any atom is 0.338 e. The summed E-state index contributed by atoms with van der Waals surface area (Å²) in [6, 6.07) is 2.27. The minimum atomic E-state index is -4.04. The molecule has 0 bridgehead atoms. The van der Waals surface area contributed by atoms with Gasteiger partial charge in [-0.25, -0.2) is 17.9 Å². The van der Waals surface area contributed by atoms with Crippen molar-refractivity contribution >= 4 is 39.2 Å². The van der Waals surface area contributed by atoms with Crippen molar-refractivity contribution in [3.05, 3.63) is 27.7 Å². The quantitative estimate of drug-likeness (QED) is 0.718. The van der Waals surface area contributed by atoms with E-state index in [2.05, 4.69) is 4.72 Å². The minimum Gasteiger partial charge on any atom is -0.478 e. The van der Waals surface area contributed by atoms with Crippen LogP contribution in [0.4, 0.5) is 0 Å². The summed E-state index contributed by atoms with van der Waals surface area (Å²) in [6.45, 7) is -0.170. The van der Waals surface area contributed by atoms with Crippen molar-refractivity contribution in [2.24, 2.45) is 0 Å². The Balaban J connectivity index is 3.15. The van der Waals surface area contributed by atoms with Crippen LogP contribution < -0.4 is 4.72 Å². The molecule has 0 radical (unpaired) electrons. The van der Waals surface area contributed by atoms with Gasteiger partial charge in [0.1, 0.15) is 4.90 Å². The monoisotopic (exact) mass is 357 g/mol. The lowest BCUT2D eigenvalue weighted by Crippen LogP contribution is -2.34. The molecular formula is C11H13Cl2NO6S. The fourth-order valence-electron chi connectivity index (χ4n) is 1.46. The summed E-state index contributed by atoms with van der Waals surface area (Å²) < 4.78 is 36.2. The minimum absolute atomic E-state index is 0.155. The molecule has 10 heteroatoms. The molecule has 0 atom stereocenters. The number of nitrogens with one attached hydrogen (secondary N) is 1. The Hall–Kier alpha value is -0.900. The third-order valence-electron chi connectivity index (χ3n) is 2.52. The van der Waals surface area contributed by atoms with Crippen LogP contribution in [0.3, 0.4) is 0 Å². The second-order valence-electron chi connectivity index (χ2n) is 3.79. The van der Waals surface area contributed by atoms with Gasteiger partial charge in [-0.15, -0.1) is 0 Å². The highest BCUT2D eigenvalue weighted by molar-refractivity contribution is 7.89. The molecule has 0 saturated heterocycles. The molecule has 0 aliphatic rings. The van der Waals surface area contributed by atoms with E-state index in [4.69, 9.17) is 37.8 Å². The van der Waals surface area contributed by atoms with E-state index in [9.17, 15) is 13.2 Å². The summed E-state index contributed by atoms with van der Waals surface area (Å²) in [5, 5.41) is 8.39. The molecule has 0 fully saturated rings. The van der Waals surface area contributed by atoms with Crippen LogP contribution in [-0.2, 0) is 19.5 Å². The first kappa shape index (κ1) is 18.1. The second kappa shape index (κ2) is 7.39. The van der Waals surface area contributed by atoms with Gasteiger partial charge in [0.25, 0.3) is 0 Å². The van der Waals surface area contributed by atoms with Gasteiger partial charge in [0.2, 0.25) is 10.0 Å². The van der Waals surface area contributed by atoms with Crippen molar-refractivity contribution < 1.29 is 27.8 Å². The summed E-state index contributed by atoms with van der Waals surface area (Å²) in [7, 11) is -1.35. The maximum atomic E-state index is 12.1. The molecule has 0 unspecified atom stereocenters. The van der Waals surface area contributed by atoms with Gasteiger partial charge < -0.3 is 14.6 Å². The fraction of sp³-hybridized carbons (Fsp3) is 0.364. The number of hydrogen-bond acceptors (Lipinski definition) is 5. The Bertz CT molecular complexity index is 630. The predicted molar refractivity (Wildman–Crippen MR) is 76.4 cm³/mol. The third-order valence-corrected chi connectivity index (χ3v) is 4.81. The van der Waals surface area contributed by atoms with E-state index in [-0.39, 0.29) is 11.6 Å². The average molecular weight is 358 g/mol. The normalized spacial score (nSPS) is 11.9.